The molecule has 0 atom stereocenters. The van der Waals surface area contributed by atoms with Gasteiger partial charge in [0.1, 0.15) is 6.54 Å². The molecule has 2 fully saturated rings. The maximum Gasteiger partial charge on any atom is 0.241 e. The van der Waals surface area contributed by atoms with E-state index < -0.39 is 0 Å². The van der Waals surface area contributed by atoms with Crippen LogP contribution in [0.25, 0.3) is 0 Å². The van der Waals surface area contributed by atoms with E-state index in [0.29, 0.717) is 6.42 Å². The third kappa shape index (κ3) is 2.36. The first-order chi connectivity index (χ1) is 8.44. The van der Waals surface area contributed by atoms with Crippen LogP contribution >= 0.6 is 0 Å². The lowest BCUT2D eigenvalue weighted by Crippen LogP contribution is -2.52. The summed E-state index contributed by atoms with van der Waals surface area (Å²) >= 11 is 0. The Hall–Kier alpha value is -1.10. The quantitative estimate of drug-likeness (QED) is 0.771. The molecule has 5 heteroatoms. The molecule has 102 valence electrons. The van der Waals surface area contributed by atoms with Crippen molar-refractivity contribution in [1.29, 1.82) is 0 Å². The summed E-state index contributed by atoms with van der Waals surface area (Å²) < 4.78 is 0. The molecule has 1 spiro atoms. The lowest BCUT2D eigenvalue weighted by Gasteiger charge is -2.43. The van der Waals surface area contributed by atoms with Crippen molar-refractivity contribution in [2.45, 2.75) is 50.1 Å². The summed E-state index contributed by atoms with van der Waals surface area (Å²) in [4.78, 5) is 27.2. The minimum absolute atomic E-state index is 0.000466. The molecule has 2 N–H and O–H groups in total. The molecule has 18 heavy (non-hydrogen) atoms. The molecule has 2 rings (SSSR count). The second-order valence-corrected chi connectivity index (χ2v) is 5.83. The molecule has 5 nitrogen and oxygen atoms in total. The first kappa shape index (κ1) is 13.3. The van der Waals surface area contributed by atoms with Gasteiger partial charge >= 0.3 is 0 Å². The number of hydrogen-bond donors (Lipinski definition) is 1. The Kier molecular flexibility index (Phi) is 3.61. The minimum atomic E-state index is -0.0847. The molecule has 1 aliphatic carbocycles. The van der Waals surface area contributed by atoms with Gasteiger partial charge in [-0.3, -0.25) is 9.59 Å². The average Bonchev–Trinajstić information content (AvgIpc) is 2.62. The van der Waals surface area contributed by atoms with E-state index >= 15 is 0 Å². The van der Waals surface area contributed by atoms with Gasteiger partial charge in [0.2, 0.25) is 11.8 Å². The predicted octanol–water partition coefficient (Wildman–Crippen LogP) is 0.337. The summed E-state index contributed by atoms with van der Waals surface area (Å²) in [6, 6.07) is 0.262. The number of carbonyl (C=O) groups is 2. The first-order valence-corrected chi connectivity index (χ1v) is 6.71. The number of likely N-dealkylation sites (N-methyl/N-ethyl adjacent to an activating group) is 1. The Morgan fingerprint density at radius 2 is 2.00 bits per heavy atom. The summed E-state index contributed by atoms with van der Waals surface area (Å²) in [7, 11) is 3.46. The lowest BCUT2D eigenvalue weighted by molar-refractivity contribution is -0.141. The van der Waals surface area contributed by atoms with E-state index in [9.17, 15) is 9.59 Å². The van der Waals surface area contributed by atoms with Gasteiger partial charge < -0.3 is 15.5 Å². The highest BCUT2D eigenvalue weighted by Crippen LogP contribution is 2.41. The maximum atomic E-state index is 12.0. The number of amides is 2. The van der Waals surface area contributed by atoms with Crippen molar-refractivity contribution in [3.8, 4) is 0 Å². The SMILES string of the molecule is CN(C)C(=O)CN1C(=O)CCC12CCC(N)CC2. The molecule has 1 aliphatic heterocycles. The topological polar surface area (TPSA) is 66.6 Å². The van der Waals surface area contributed by atoms with Crippen LogP contribution < -0.4 is 5.73 Å². The minimum Gasteiger partial charge on any atom is -0.347 e. The zero-order chi connectivity index (χ0) is 13.3. The van der Waals surface area contributed by atoms with Crippen molar-refractivity contribution in [2.24, 2.45) is 5.73 Å². The van der Waals surface area contributed by atoms with Crippen LogP contribution in [0.1, 0.15) is 38.5 Å². The molecule has 0 aromatic carbocycles. The van der Waals surface area contributed by atoms with Crippen LogP contribution in [0.15, 0.2) is 0 Å². The normalized spacial score (nSPS) is 32.1. The zero-order valence-corrected chi connectivity index (χ0v) is 11.3. The Morgan fingerprint density at radius 3 is 2.56 bits per heavy atom. The molecule has 2 aliphatic rings. The van der Waals surface area contributed by atoms with E-state index in [1.165, 1.54) is 0 Å². The fourth-order valence-corrected chi connectivity index (χ4v) is 3.10. The monoisotopic (exact) mass is 253 g/mol. The lowest BCUT2D eigenvalue weighted by atomic mass is 9.78. The van der Waals surface area contributed by atoms with Crippen LogP contribution in [0.2, 0.25) is 0 Å². The number of carbonyl (C=O) groups excluding carboxylic acids is 2. The third-order valence-corrected chi connectivity index (χ3v) is 4.43. The molecule has 0 aromatic rings. The van der Waals surface area contributed by atoms with Gasteiger partial charge in [-0.25, -0.2) is 0 Å². The Bertz CT molecular complexity index is 346. The molecule has 1 saturated carbocycles. The van der Waals surface area contributed by atoms with Gasteiger partial charge in [0.05, 0.1) is 0 Å². The molecule has 0 aromatic heterocycles. The van der Waals surface area contributed by atoms with Gasteiger partial charge in [-0.1, -0.05) is 0 Å². The smallest absolute Gasteiger partial charge is 0.241 e. The molecule has 2 amide bonds. The molecular weight excluding hydrogens is 230 g/mol. The maximum absolute atomic E-state index is 12.0. The van der Waals surface area contributed by atoms with Crippen molar-refractivity contribution >= 4 is 11.8 Å². The molecule has 0 bridgehead atoms. The fraction of sp³-hybridized carbons (Fsp3) is 0.846. The van der Waals surface area contributed by atoms with Gasteiger partial charge in [-0.15, -0.1) is 0 Å². The average molecular weight is 253 g/mol. The van der Waals surface area contributed by atoms with Gasteiger partial charge in [-0.2, -0.15) is 0 Å². The van der Waals surface area contributed by atoms with Crippen molar-refractivity contribution in [2.75, 3.05) is 20.6 Å². The largest absolute Gasteiger partial charge is 0.347 e. The number of nitrogens with two attached hydrogens (primary N) is 1. The van der Waals surface area contributed by atoms with Crippen LogP contribution in [0, 0.1) is 0 Å². The highest BCUT2D eigenvalue weighted by atomic mass is 16.2. The highest BCUT2D eigenvalue weighted by Gasteiger charge is 2.47. The van der Waals surface area contributed by atoms with Crippen LogP contribution in [-0.2, 0) is 9.59 Å². The van der Waals surface area contributed by atoms with Gasteiger partial charge in [0.25, 0.3) is 0 Å². The summed E-state index contributed by atoms with van der Waals surface area (Å²) in [6.45, 7) is 0.223. The van der Waals surface area contributed by atoms with Crippen molar-refractivity contribution < 1.29 is 9.59 Å². The van der Waals surface area contributed by atoms with Gasteiger partial charge in [-0.05, 0) is 32.1 Å². The molecule has 0 unspecified atom stereocenters. The molecule has 0 radical (unpaired) electrons. The van der Waals surface area contributed by atoms with E-state index in [4.69, 9.17) is 5.73 Å². The van der Waals surface area contributed by atoms with Crippen LogP contribution in [0.5, 0.6) is 0 Å². The van der Waals surface area contributed by atoms with E-state index in [-0.39, 0.29) is 29.9 Å². The van der Waals surface area contributed by atoms with Crippen molar-refractivity contribution in [3.05, 3.63) is 0 Å². The van der Waals surface area contributed by atoms with Crippen LogP contribution in [0.3, 0.4) is 0 Å². The van der Waals surface area contributed by atoms with E-state index in [2.05, 4.69) is 0 Å². The van der Waals surface area contributed by atoms with Crippen LogP contribution in [-0.4, -0.2) is 53.8 Å². The number of rotatable bonds is 2. The standard InChI is InChI=1S/C13H23N3O2/c1-15(2)12(18)9-16-11(17)5-8-13(16)6-3-10(14)4-7-13/h10H,3-9,14H2,1-2H3. The molecular formula is C13H23N3O2. The van der Waals surface area contributed by atoms with Crippen molar-refractivity contribution in [3.63, 3.8) is 0 Å². The van der Waals surface area contributed by atoms with Crippen LogP contribution in [0.4, 0.5) is 0 Å². The summed E-state index contributed by atoms with van der Waals surface area (Å²) in [6.07, 6.45) is 5.27. The Morgan fingerprint density at radius 1 is 1.39 bits per heavy atom. The summed E-state index contributed by atoms with van der Waals surface area (Å²) in [5, 5.41) is 0. The van der Waals surface area contributed by atoms with E-state index in [0.717, 1.165) is 32.1 Å². The first-order valence-electron chi connectivity index (χ1n) is 6.71. The number of hydrogen-bond acceptors (Lipinski definition) is 3. The predicted molar refractivity (Wildman–Crippen MR) is 68.8 cm³/mol. The third-order valence-electron chi connectivity index (χ3n) is 4.43. The van der Waals surface area contributed by atoms with E-state index in [1.807, 2.05) is 4.90 Å². The second kappa shape index (κ2) is 4.88. The fourth-order valence-electron chi connectivity index (χ4n) is 3.10. The van der Waals surface area contributed by atoms with Gasteiger partial charge in [0, 0.05) is 32.1 Å². The summed E-state index contributed by atoms with van der Waals surface area (Å²) in [5.74, 6) is 0.125. The summed E-state index contributed by atoms with van der Waals surface area (Å²) in [5.41, 5.74) is 5.85. The van der Waals surface area contributed by atoms with Gasteiger partial charge in [0.15, 0.2) is 0 Å². The highest BCUT2D eigenvalue weighted by molar-refractivity contribution is 5.86. The van der Waals surface area contributed by atoms with E-state index in [1.54, 1.807) is 19.0 Å². The zero-order valence-electron chi connectivity index (χ0n) is 11.3. The number of likely N-dealkylation sites (tertiary alicyclic amines) is 1. The molecule has 1 saturated heterocycles. The van der Waals surface area contributed by atoms with Crippen molar-refractivity contribution in [1.82, 2.24) is 9.80 Å². The Balaban J connectivity index is 2.10. The second-order valence-electron chi connectivity index (χ2n) is 5.83. The Labute approximate surface area is 108 Å². The molecule has 1 heterocycles. The number of nitrogens with zero attached hydrogens (tertiary/aromatic N) is 2.